The summed E-state index contributed by atoms with van der Waals surface area (Å²) < 4.78 is 0. The van der Waals surface area contributed by atoms with Gasteiger partial charge in [-0.2, -0.15) is 0 Å². The first-order valence-corrected chi connectivity index (χ1v) is 22.5. The zero-order chi connectivity index (χ0) is 30.0. The van der Waals surface area contributed by atoms with Gasteiger partial charge in [0.15, 0.2) is 8.32 Å². The van der Waals surface area contributed by atoms with Gasteiger partial charge in [-0.1, -0.05) is 233 Å². The van der Waals surface area contributed by atoms with Crippen LogP contribution >= 0.6 is 0 Å². The van der Waals surface area contributed by atoms with Crippen LogP contribution in [0.25, 0.3) is 0 Å². The maximum atomic E-state index is 11.8. The van der Waals surface area contributed by atoms with Crippen LogP contribution in [0, 0.1) is 0 Å². The third-order valence-electron chi connectivity index (χ3n) is 9.74. The molecular weight excluding hydrogens is 513 g/mol. The molecule has 0 amide bonds. The Balaban J connectivity index is 4.06. The van der Waals surface area contributed by atoms with Gasteiger partial charge in [0.2, 0.25) is 0 Å². The highest BCUT2D eigenvalue weighted by Crippen LogP contribution is 2.28. The van der Waals surface area contributed by atoms with Crippen LogP contribution in [0.15, 0.2) is 0 Å². The van der Waals surface area contributed by atoms with Crippen LogP contribution in [0.4, 0.5) is 0 Å². The van der Waals surface area contributed by atoms with Crippen LogP contribution < -0.4 is 0 Å². The molecule has 0 heterocycles. The lowest BCUT2D eigenvalue weighted by atomic mass is 10.1. The van der Waals surface area contributed by atoms with Gasteiger partial charge in [0.25, 0.3) is 0 Å². The first-order valence-electron chi connectivity index (χ1n) is 19.9. The fourth-order valence-corrected chi connectivity index (χ4v) is 10.2. The Morgan fingerprint density at radius 3 is 0.561 bits per heavy atom. The van der Waals surface area contributed by atoms with Crippen LogP contribution in [-0.4, -0.2) is 13.1 Å². The first kappa shape index (κ1) is 41.2. The molecule has 0 saturated heterocycles. The predicted molar refractivity (Wildman–Crippen MR) is 192 cm³/mol. The smallest absolute Gasteiger partial charge is 0.188 e. The molecule has 1 N–H and O–H groups in total. The minimum Gasteiger partial charge on any atom is -0.432 e. The Morgan fingerprint density at radius 2 is 0.390 bits per heavy atom. The molecule has 41 heavy (non-hydrogen) atoms. The van der Waals surface area contributed by atoms with Crippen molar-refractivity contribution in [3.8, 4) is 0 Å². The standard InChI is InChI=1S/C39H82OSi/c1-4-7-10-13-16-19-22-25-28-31-34-37-41(40,38-35-32-29-26-23-20-17-14-11-8-5-2)39-36-33-30-27-24-21-18-15-12-9-6-3/h40H,4-39H2,1-3H3. The van der Waals surface area contributed by atoms with Crippen molar-refractivity contribution in [2.24, 2.45) is 0 Å². The van der Waals surface area contributed by atoms with Crippen LogP contribution in [0.5, 0.6) is 0 Å². The molecule has 0 spiro atoms. The Bertz CT molecular complexity index is 400. The Hall–Kier alpha value is 0.177. The van der Waals surface area contributed by atoms with Crippen molar-refractivity contribution in [2.75, 3.05) is 0 Å². The van der Waals surface area contributed by atoms with E-state index >= 15 is 0 Å². The molecule has 0 radical (unpaired) electrons. The lowest BCUT2D eigenvalue weighted by molar-refractivity contribution is 0.491. The Kier molecular flexibility index (Phi) is 34.8. The van der Waals surface area contributed by atoms with E-state index in [9.17, 15) is 4.80 Å². The van der Waals surface area contributed by atoms with Crippen LogP contribution in [0.3, 0.4) is 0 Å². The summed E-state index contributed by atoms with van der Waals surface area (Å²) in [6, 6.07) is 3.58. The summed E-state index contributed by atoms with van der Waals surface area (Å²) in [4.78, 5) is 11.8. The molecule has 0 aliphatic rings. The largest absolute Gasteiger partial charge is 0.432 e. The highest BCUT2D eigenvalue weighted by Gasteiger charge is 2.29. The van der Waals surface area contributed by atoms with E-state index in [4.69, 9.17) is 0 Å². The summed E-state index contributed by atoms with van der Waals surface area (Å²) in [6.07, 6.45) is 46.4. The Morgan fingerprint density at radius 1 is 0.244 bits per heavy atom. The molecule has 0 bridgehead atoms. The lowest BCUT2D eigenvalue weighted by Crippen LogP contribution is -2.34. The van der Waals surface area contributed by atoms with Crippen LogP contribution in [0.1, 0.15) is 233 Å². The second kappa shape index (κ2) is 34.7. The number of unbranched alkanes of at least 4 members (excludes halogenated alkanes) is 30. The van der Waals surface area contributed by atoms with Crippen molar-refractivity contribution < 1.29 is 4.80 Å². The lowest BCUT2D eigenvalue weighted by Gasteiger charge is -2.25. The summed E-state index contributed by atoms with van der Waals surface area (Å²) in [5.74, 6) is 0. The molecule has 248 valence electrons. The van der Waals surface area contributed by atoms with Gasteiger partial charge in [0.1, 0.15) is 0 Å². The van der Waals surface area contributed by atoms with E-state index in [1.165, 1.54) is 230 Å². The van der Waals surface area contributed by atoms with E-state index in [0.717, 1.165) is 0 Å². The summed E-state index contributed by atoms with van der Waals surface area (Å²) in [5.41, 5.74) is 0. The van der Waals surface area contributed by atoms with E-state index in [2.05, 4.69) is 20.8 Å². The molecule has 0 atom stereocenters. The molecule has 0 fully saturated rings. The summed E-state index contributed by atoms with van der Waals surface area (Å²) in [6.45, 7) is 6.92. The topological polar surface area (TPSA) is 20.2 Å². The summed E-state index contributed by atoms with van der Waals surface area (Å²) in [7, 11) is -2.03. The monoisotopic (exact) mass is 595 g/mol. The number of rotatable bonds is 36. The third kappa shape index (κ3) is 32.9. The van der Waals surface area contributed by atoms with E-state index in [1.54, 1.807) is 0 Å². The van der Waals surface area contributed by atoms with E-state index in [-0.39, 0.29) is 0 Å². The molecule has 0 aromatic rings. The van der Waals surface area contributed by atoms with E-state index in [0.29, 0.717) is 0 Å². The minimum absolute atomic E-state index is 1.19. The van der Waals surface area contributed by atoms with Crippen molar-refractivity contribution in [3.05, 3.63) is 0 Å². The molecule has 0 saturated carbocycles. The van der Waals surface area contributed by atoms with Gasteiger partial charge in [0.05, 0.1) is 0 Å². The molecule has 0 aliphatic carbocycles. The summed E-state index contributed by atoms with van der Waals surface area (Å²) in [5, 5.41) is 0. The number of hydrogen-bond acceptors (Lipinski definition) is 1. The van der Waals surface area contributed by atoms with Gasteiger partial charge < -0.3 is 4.80 Å². The van der Waals surface area contributed by atoms with Gasteiger partial charge >= 0.3 is 0 Å². The maximum Gasteiger partial charge on any atom is 0.188 e. The average Bonchev–Trinajstić information content (AvgIpc) is 2.97. The van der Waals surface area contributed by atoms with Gasteiger partial charge in [-0.25, -0.2) is 0 Å². The molecule has 0 rings (SSSR count). The zero-order valence-corrected chi connectivity index (χ0v) is 30.4. The van der Waals surface area contributed by atoms with Crippen molar-refractivity contribution in [1.82, 2.24) is 0 Å². The summed E-state index contributed by atoms with van der Waals surface area (Å²) >= 11 is 0. The van der Waals surface area contributed by atoms with Crippen LogP contribution in [0.2, 0.25) is 18.1 Å². The highest BCUT2D eigenvalue weighted by molar-refractivity contribution is 6.72. The van der Waals surface area contributed by atoms with Crippen molar-refractivity contribution in [3.63, 3.8) is 0 Å². The SMILES string of the molecule is CCCCCCCCCCCCC[Si](O)(CCCCCCCCCCCCC)CCCCCCCCCCCCC. The molecule has 2 heteroatoms. The fourth-order valence-electron chi connectivity index (χ4n) is 6.73. The molecule has 1 nitrogen and oxygen atoms in total. The van der Waals surface area contributed by atoms with Crippen LogP contribution in [-0.2, 0) is 0 Å². The second-order valence-electron chi connectivity index (χ2n) is 14.1. The molecule has 0 aromatic carbocycles. The highest BCUT2D eigenvalue weighted by atomic mass is 28.4. The van der Waals surface area contributed by atoms with E-state index < -0.39 is 8.32 Å². The molecule has 0 aromatic heterocycles. The van der Waals surface area contributed by atoms with E-state index in [1.807, 2.05) is 0 Å². The third-order valence-corrected chi connectivity index (χ3v) is 13.6. The van der Waals surface area contributed by atoms with Gasteiger partial charge in [-0.3, -0.25) is 0 Å². The Labute approximate surface area is 263 Å². The second-order valence-corrected chi connectivity index (χ2v) is 18.0. The molecule has 0 aliphatic heterocycles. The first-order chi connectivity index (χ1) is 20.2. The average molecular weight is 595 g/mol. The fraction of sp³-hybridized carbons (Fsp3) is 1.00. The normalized spacial score (nSPS) is 12.0. The van der Waals surface area contributed by atoms with Gasteiger partial charge in [0, 0.05) is 0 Å². The molecule has 0 unspecified atom stereocenters. The van der Waals surface area contributed by atoms with Gasteiger partial charge in [-0.05, 0) is 18.1 Å². The van der Waals surface area contributed by atoms with Crippen molar-refractivity contribution >= 4 is 8.32 Å². The quantitative estimate of drug-likeness (QED) is 0.0565. The predicted octanol–water partition coefficient (Wildman–Crippen LogP) is 14.9. The van der Waals surface area contributed by atoms with Crippen molar-refractivity contribution in [2.45, 2.75) is 251 Å². The minimum atomic E-state index is -2.03. The molecular formula is C39H82OSi. The maximum absolute atomic E-state index is 11.8. The van der Waals surface area contributed by atoms with Gasteiger partial charge in [-0.15, -0.1) is 0 Å². The van der Waals surface area contributed by atoms with Crippen molar-refractivity contribution in [1.29, 1.82) is 0 Å². The number of hydrogen-bond donors (Lipinski definition) is 1. The zero-order valence-electron chi connectivity index (χ0n) is 29.4.